The first-order chi connectivity index (χ1) is 29.4. The zero-order chi connectivity index (χ0) is 45.1. The van der Waals surface area contributed by atoms with Crippen LogP contribution in [-0.2, 0) is 37.5 Å². The lowest BCUT2D eigenvalue weighted by atomic mass is 10.1. The fourth-order valence-corrected chi connectivity index (χ4v) is 6.68. The number of phosphoric ester groups is 1. The van der Waals surface area contributed by atoms with Crippen LogP contribution in [0.3, 0.4) is 0 Å². The van der Waals surface area contributed by atoms with Crippen LogP contribution in [0.5, 0.6) is 0 Å². The molecule has 0 amide bonds. The third-order valence-electron chi connectivity index (χ3n) is 9.69. The molecule has 0 spiro atoms. The van der Waals surface area contributed by atoms with Crippen molar-refractivity contribution < 1.29 is 46.8 Å². The van der Waals surface area contributed by atoms with E-state index in [2.05, 4.69) is 62.5 Å². The van der Waals surface area contributed by atoms with Crippen molar-refractivity contribution in [2.75, 3.05) is 47.5 Å². The van der Waals surface area contributed by atoms with Gasteiger partial charge >= 0.3 is 19.8 Å². The Morgan fingerprint density at radius 1 is 0.557 bits per heavy atom. The summed E-state index contributed by atoms with van der Waals surface area (Å²) in [6, 6.07) is 0. The third-order valence-corrected chi connectivity index (χ3v) is 10.7. The second-order valence-electron chi connectivity index (χ2n) is 16.8. The number of esters is 2. The van der Waals surface area contributed by atoms with Crippen LogP contribution in [0.25, 0.3) is 0 Å². The molecular weight excluding hydrogens is 790 g/mol. The van der Waals surface area contributed by atoms with E-state index in [1.54, 1.807) is 6.08 Å². The van der Waals surface area contributed by atoms with Crippen molar-refractivity contribution >= 4 is 25.5 Å². The lowest BCUT2D eigenvalue weighted by Gasteiger charge is -2.24. The highest BCUT2D eigenvalue weighted by molar-refractivity contribution is 7.47. The van der Waals surface area contributed by atoms with Crippen molar-refractivity contribution in [3.05, 3.63) is 72.9 Å². The number of hydrogen-bond donors (Lipinski definition) is 1. The molecule has 1 unspecified atom stereocenters. The van der Waals surface area contributed by atoms with Gasteiger partial charge in [0.25, 0.3) is 0 Å². The Bertz CT molecular complexity index is 1330. The SMILES string of the molecule is CCCCC/C=C\C/C=C\C/C=C\C=C\C(=O)CCCC(=O)OC[C@H](COP(=O)(O)OCC[N+](C)(C)C)OC(=O)CCCCCCCCCCC/C=C\C/C=C\CCCCC. The Balaban J connectivity index is 4.51. The molecule has 1 N–H and O–H groups in total. The minimum atomic E-state index is -4.44. The number of likely N-dealkylation sites (N-methyl/N-ethyl adjacent to an activating group) is 1. The first-order valence-corrected chi connectivity index (χ1v) is 25.1. The van der Waals surface area contributed by atoms with Gasteiger partial charge in [-0.3, -0.25) is 23.4 Å². The molecule has 0 saturated carbocycles. The second-order valence-corrected chi connectivity index (χ2v) is 18.3. The molecule has 0 aromatic heterocycles. The molecule has 0 heterocycles. The molecule has 0 rings (SSSR count). The largest absolute Gasteiger partial charge is 0.472 e. The minimum Gasteiger partial charge on any atom is -0.462 e. The maximum absolute atomic E-state index is 12.7. The summed E-state index contributed by atoms with van der Waals surface area (Å²) >= 11 is 0. The Hall–Kier alpha value is -2.88. The van der Waals surface area contributed by atoms with Crippen LogP contribution < -0.4 is 0 Å². The molecule has 0 fully saturated rings. The number of phosphoric acid groups is 1. The van der Waals surface area contributed by atoms with E-state index in [1.807, 2.05) is 33.3 Å². The van der Waals surface area contributed by atoms with E-state index in [9.17, 15) is 23.8 Å². The third kappa shape index (κ3) is 45.0. The van der Waals surface area contributed by atoms with E-state index in [4.69, 9.17) is 18.5 Å². The minimum absolute atomic E-state index is 0.00382. The van der Waals surface area contributed by atoms with Crippen LogP contribution in [0.2, 0.25) is 0 Å². The summed E-state index contributed by atoms with van der Waals surface area (Å²) in [5, 5.41) is 0. The van der Waals surface area contributed by atoms with Crippen molar-refractivity contribution in [2.45, 2.75) is 180 Å². The normalized spacial score (nSPS) is 14.1. The van der Waals surface area contributed by atoms with Gasteiger partial charge in [0.1, 0.15) is 19.8 Å². The number of nitrogens with zero attached hydrogens (tertiary/aromatic N) is 1. The van der Waals surface area contributed by atoms with Gasteiger partial charge in [-0.15, -0.1) is 0 Å². The maximum atomic E-state index is 12.7. The first-order valence-electron chi connectivity index (χ1n) is 23.6. The van der Waals surface area contributed by atoms with E-state index in [1.165, 1.54) is 83.1 Å². The molecule has 61 heavy (non-hydrogen) atoms. The van der Waals surface area contributed by atoms with Gasteiger partial charge in [-0.2, -0.15) is 0 Å². The molecule has 10 nitrogen and oxygen atoms in total. The Labute approximate surface area is 372 Å². The number of hydrogen-bond acceptors (Lipinski definition) is 8. The van der Waals surface area contributed by atoms with E-state index in [0.29, 0.717) is 23.9 Å². The van der Waals surface area contributed by atoms with Crippen molar-refractivity contribution in [1.82, 2.24) is 0 Å². The quantitative estimate of drug-likeness (QED) is 0.0121. The second kappa shape index (κ2) is 41.1. The molecule has 0 aliphatic carbocycles. The Morgan fingerprint density at radius 2 is 1.05 bits per heavy atom. The molecule has 0 bridgehead atoms. The summed E-state index contributed by atoms with van der Waals surface area (Å²) in [5.41, 5.74) is 0. The van der Waals surface area contributed by atoms with Crippen molar-refractivity contribution in [2.24, 2.45) is 0 Å². The van der Waals surface area contributed by atoms with Gasteiger partial charge in [-0.1, -0.05) is 151 Å². The van der Waals surface area contributed by atoms with Gasteiger partial charge in [-0.25, -0.2) is 4.57 Å². The lowest BCUT2D eigenvalue weighted by molar-refractivity contribution is -0.870. The van der Waals surface area contributed by atoms with Gasteiger partial charge in [-0.05, 0) is 76.7 Å². The summed E-state index contributed by atoms with van der Waals surface area (Å²) in [6.45, 7) is 4.08. The van der Waals surface area contributed by atoms with Gasteiger partial charge in [0.2, 0.25) is 0 Å². The molecule has 350 valence electrons. The topological polar surface area (TPSA) is 125 Å². The van der Waals surface area contributed by atoms with Crippen LogP contribution >= 0.6 is 7.82 Å². The zero-order valence-electron chi connectivity index (χ0n) is 39.1. The number of rotatable bonds is 42. The van der Waals surface area contributed by atoms with Gasteiger partial charge in [0.05, 0.1) is 27.7 Å². The molecule has 11 heteroatoms. The van der Waals surface area contributed by atoms with E-state index in [-0.39, 0.29) is 38.3 Å². The molecule has 0 aromatic rings. The molecule has 2 atom stereocenters. The van der Waals surface area contributed by atoms with Crippen molar-refractivity contribution in [3.8, 4) is 0 Å². The zero-order valence-corrected chi connectivity index (χ0v) is 40.0. The van der Waals surface area contributed by atoms with Gasteiger partial charge in [0.15, 0.2) is 11.9 Å². The number of unbranched alkanes of at least 4 members (excludes halogenated alkanes) is 15. The van der Waals surface area contributed by atoms with Crippen LogP contribution in [-0.4, -0.2) is 80.7 Å². The van der Waals surface area contributed by atoms with E-state index < -0.39 is 32.5 Å². The average Bonchev–Trinajstić information content (AvgIpc) is 3.21. The first kappa shape index (κ1) is 58.1. The molecule has 0 aliphatic rings. The standard InChI is InChI=1S/C50H86NO9P/c1-6-8-10-12-14-16-18-20-21-22-23-24-25-27-29-31-33-35-37-41-50(54)60-48(46-59-61(55,56)58-44-43-51(3,4)5)45-57-49(53)42-38-40-47(52)39-36-34-32-30-28-26-19-17-15-13-11-9-7-2/h14-17,20-21,26,28,32,34,36,39,48H,6-13,18-19,22-25,27,29-31,33,35,37-38,40-46H2,1-5H3/p+1/b16-14-,17-15-,21-20-,28-26-,34-32-,39-36+/t48-/m1/s1. The number of carbonyl (C=O) groups excluding carboxylic acids is 3. The Kier molecular flexibility index (Phi) is 39.2. The molecule has 0 aromatic carbocycles. The maximum Gasteiger partial charge on any atom is 0.472 e. The molecule has 0 radical (unpaired) electrons. The molecule has 0 saturated heterocycles. The van der Waals surface area contributed by atoms with Crippen LogP contribution in [0.4, 0.5) is 0 Å². The number of carbonyl (C=O) groups is 3. The van der Waals surface area contributed by atoms with Gasteiger partial charge < -0.3 is 18.9 Å². The highest BCUT2D eigenvalue weighted by Crippen LogP contribution is 2.43. The van der Waals surface area contributed by atoms with Crippen molar-refractivity contribution in [1.29, 1.82) is 0 Å². The molecule has 0 aliphatic heterocycles. The Morgan fingerprint density at radius 3 is 1.61 bits per heavy atom. The van der Waals surface area contributed by atoms with E-state index >= 15 is 0 Å². The number of ketones is 1. The lowest BCUT2D eigenvalue weighted by Crippen LogP contribution is -2.37. The van der Waals surface area contributed by atoms with Crippen molar-refractivity contribution in [3.63, 3.8) is 0 Å². The van der Waals surface area contributed by atoms with E-state index in [0.717, 1.165) is 51.4 Å². The number of ether oxygens (including phenoxy) is 2. The highest BCUT2D eigenvalue weighted by Gasteiger charge is 2.27. The smallest absolute Gasteiger partial charge is 0.462 e. The van der Waals surface area contributed by atoms with Crippen LogP contribution in [0.15, 0.2) is 72.9 Å². The highest BCUT2D eigenvalue weighted by atomic mass is 31.2. The van der Waals surface area contributed by atoms with Gasteiger partial charge in [0, 0.05) is 19.3 Å². The van der Waals surface area contributed by atoms with Crippen LogP contribution in [0.1, 0.15) is 174 Å². The summed E-state index contributed by atoms with van der Waals surface area (Å²) in [6.07, 6.45) is 48.1. The predicted octanol–water partition coefficient (Wildman–Crippen LogP) is 13.0. The summed E-state index contributed by atoms with van der Waals surface area (Å²) < 4.78 is 34.1. The number of quaternary nitrogens is 1. The fraction of sp³-hybridized carbons (Fsp3) is 0.700. The molecular formula is C50H87NO9P+. The summed E-state index contributed by atoms with van der Waals surface area (Å²) in [5.74, 6) is -1.16. The van der Waals surface area contributed by atoms with Crippen LogP contribution in [0, 0.1) is 0 Å². The fourth-order valence-electron chi connectivity index (χ4n) is 5.94. The number of allylic oxidation sites excluding steroid dienone is 12. The monoisotopic (exact) mass is 877 g/mol. The summed E-state index contributed by atoms with van der Waals surface area (Å²) in [7, 11) is 1.34. The summed E-state index contributed by atoms with van der Waals surface area (Å²) in [4.78, 5) is 47.7. The average molecular weight is 877 g/mol. The predicted molar refractivity (Wildman–Crippen MR) is 252 cm³/mol.